The highest BCUT2D eigenvalue weighted by Crippen LogP contribution is 2.36. The average molecular weight is 379 g/mol. The van der Waals surface area contributed by atoms with Gasteiger partial charge in [-0.2, -0.15) is 26.3 Å². The smallest absolute Gasteiger partial charge is 0.331 e. The molecule has 0 saturated carbocycles. The molecule has 2 aromatic rings. The standard InChI is InChI=1S/C14H11F6N5O/c15-13(16,17)9-4-8(5-10(6-9)14(18,19)20)12(26)24-2-1-3-25-11(7-24)21-22-23-25/h4-6H,1-3,7H2. The minimum Gasteiger partial charge on any atom is -0.331 e. The predicted molar refractivity (Wildman–Crippen MR) is 73.6 cm³/mol. The molecule has 1 aliphatic rings. The summed E-state index contributed by atoms with van der Waals surface area (Å²) in [6.45, 7) is 0.424. The number of nitrogens with zero attached hydrogens (tertiary/aromatic N) is 5. The van der Waals surface area contributed by atoms with E-state index in [4.69, 9.17) is 0 Å². The topological polar surface area (TPSA) is 63.9 Å². The SMILES string of the molecule is O=C(c1cc(C(F)(F)F)cc(C(F)(F)F)c1)N1CCCn2nnnc2C1. The molecule has 0 aliphatic carbocycles. The Labute approximate surface area is 142 Å². The van der Waals surface area contributed by atoms with Crippen LogP contribution in [0.3, 0.4) is 0 Å². The third kappa shape index (κ3) is 3.63. The van der Waals surface area contributed by atoms with Crippen LogP contribution in [-0.2, 0) is 25.4 Å². The summed E-state index contributed by atoms with van der Waals surface area (Å²) in [5, 5.41) is 10.8. The number of amides is 1. The highest BCUT2D eigenvalue weighted by atomic mass is 19.4. The monoisotopic (exact) mass is 379 g/mol. The lowest BCUT2D eigenvalue weighted by Gasteiger charge is -2.21. The number of aryl methyl sites for hydroxylation is 1. The second-order valence-corrected chi connectivity index (χ2v) is 5.69. The third-order valence-corrected chi connectivity index (χ3v) is 3.86. The van der Waals surface area contributed by atoms with Crippen molar-refractivity contribution in [3.63, 3.8) is 0 Å². The molecule has 6 nitrogen and oxygen atoms in total. The van der Waals surface area contributed by atoms with Crippen molar-refractivity contribution in [3.8, 4) is 0 Å². The van der Waals surface area contributed by atoms with Gasteiger partial charge >= 0.3 is 12.4 Å². The number of aromatic nitrogens is 4. The zero-order valence-corrected chi connectivity index (χ0v) is 13.0. The predicted octanol–water partition coefficient (Wildman–Crippen LogP) is 2.76. The van der Waals surface area contributed by atoms with E-state index in [1.54, 1.807) is 0 Å². The summed E-state index contributed by atoms with van der Waals surface area (Å²) in [5.41, 5.74) is -3.75. The molecule has 1 aromatic heterocycles. The molecule has 26 heavy (non-hydrogen) atoms. The van der Waals surface area contributed by atoms with E-state index in [0.717, 1.165) is 4.90 Å². The third-order valence-electron chi connectivity index (χ3n) is 3.86. The molecule has 3 rings (SSSR count). The molecule has 2 heterocycles. The zero-order valence-electron chi connectivity index (χ0n) is 13.0. The molecule has 0 spiro atoms. The highest BCUT2D eigenvalue weighted by Gasteiger charge is 2.38. The minimum atomic E-state index is -5.01. The van der Waals surface area contributed by atoms with Gasteiger partial charge in [0.2, 0.25) is 0 Å². The molecular formula is C14H11F6N5O. The second-order valence-electron chi connectivity index (χ2n) is 5.69. The number of carbonyl (C=O) groups is 1. The van der Waals surface area contributed by atoms with Crippen LogP contribution in [0, 0.1) is 0 Å². The summed E-state index contributed by atoms with van der Waals surface area (Å²) in [7, 11) is 0. The summed E-state index contributed by atoms with van der Waals surface area (Å²) in [6.07, 6.45) is -9.62. The Morgan fingerprint density at radius 3 is 2.15 bits per heavy atom. The number of benzene rings is 1. The van der Waals surface area contributed by atoms with E-state index >= 15 is 0 Å². The summed E-state index contributed by atoms with van der Waals surface area (Å²) in [5.74, 6) is -0.642. The summed E-state index contributed by atoms with van der Waals surface area (Å²) in [4.78, 5) is 13.7. The average Bonchev–Trinajstić information content (AvgIpc) is 2.89. The molecule has 0 N–H and O–H groups in total. The molecule has 1 amide bonds. The number of hydrogen-bond donors (Lipinski definition) is 0. The molecular weight excluding hydrogens is 368 g/mol. The van der Waals surface area contributed by atoms with Crippen LogP contribution in [0.4, 0.5) is 26.3 Å². The van der Waals surface area contributed by atoms with E-state index in [9.17, 15) is 31.1 Å². The number of rotatable bonds is 1. The van der Waals surface area contributed by atoms with Gasteiger partial charge in [0, 0.05) is 18.7 Å². The largest absolute Gasteiger partial charge is 0.416 e. The van der Waals surface area contributed by atoms with Gasteiger partial charge in [-0.3, -0.25) is 4.79 Å². The highest BCUT2D eigenvalue weighted by molar-refractivity contribution is 5.94. The van der Waals surface area contributed by atoms with Gasteiger partial charge in [0.1, 0.15) is 0 Å². The molecule has 12 heteroatoms. The van der Waals surface area contributed by atoms with Gasteiger partial charge in [0.05, 0.1) is 17.7 Å². The van der Waals surface area contributed by atoms with Crippen LogP contribution in [0.25, 0.3) is 0 Å². The number of fused-ring (bicyclic) bond motifs is 1. The fourth-order valence-electron chi connectivity index (χ4n) is 2.61. The Bertz CT molecular complexity index is 796. The molecule has 0 bridgehead atoms. The Balaban J connectivity index is 1.98. The Kier molecular flexibility index (Phi) is 4.36. The van der Waals surface area contributed by atoms with Gasteiger partial charge in [0.15, 0.2) is 5.82 Å². The number of hydrogen-bond acceptors (Lipinski definition) is 4. The molecule has 0 radical (unpaired) electrons. The van der Waals surface area contributed by atoms with Gasteiger partial charge in [-0.1, -0.05) is 0 Å². The van der Waals surface area contributed by atoms with Crippen molar-refractivity contribution in [2.45, 2.75) is 31.9 Å². The van der Waals surface area contributed by atoms with Gasteiger partial charge in [-0.25, -0.2) is 4.68 Å². The van der Waals surface area contributed by atoms with E-state index in [0.29, 0.717) is 30.9 Å². The summed E-state index contributed by atoms with van der Waals surface area (Å²) >= 11 is 0. The van der Waals surface area contributed by atoms with E-state index in [2.05, 4.69) is 15.5 Å². The van der Waals surface area contributed by atoms with Crippen molar-refractivity contribution >= 4 is 5.91 Å². The Morgan fingerprint density at radius 2 is 1.58 bits per heavy atom. The fourth-order valence-corrected chi connectivity index (χ4v) is 2.61. The Morgan fingerprint density at radius 1 is 0.962 bits per heavy atom. The number of alkyl halides is 6. The van der Waals surface area contributed by atoms with Crippen LogP contribution in [0.5, 0.6) is 0 Å². The molecule has 0 saturated heterocycles. The van der Waals surface area contributed by atoms with Crippen molar-refractivity contribution in [1.82, 2.24) is 25.1 Å². The van der Waals surface area contributed by atoms with Crippen LogP contribution in [-0.4, -0.2) is 37.6 Å². The van der Waals surface area contributed by atoms with Gasteiger partial charge in [-0.15, -0.1) is 5.10 Å². The van der Waals surface area contributed by atoms with Crippen LogP contribution in [0.15, 0.2) is 18.2 Å². The quantitative estimate of drug-likeness (QED) is 0.715. The van der Waals surface area contributed by atoms with E-state index in [1.165, 1.54) is 4.68 Å². The maximum Gasteiger partial charge on any atom is 0.416 e. The van der Waals surface area contributed by atoms with Crippen LogP contribution in [0.2, 0.25) is 0 Å². The van der Waals surface area contributed by atoms with Crippen LogP contribution >= 0.6 is 0 Å². The number of carbonyl (C=O) groups excluding carboxylic acids is 1. The first kappa shape index (κ1) is 18.1. The molecule has 0 unspecified atom stereocenters. The van der Waals surface area contributed by atoms with Crippen molar-refractivity contribution < 1.29 is 31.1 Å². The first-order valence-corrected chi connectivity index (χ1v) is 7.39. The lowest BCUT2D eigenvalue weighted by Crippen LogP contribution is -2.31. The summed E-state index contributed by atoms with van der Waals surface area (Å²) in [6, 6.07) is 0.830. The first-order valence-electron chi connectivity index (χ1n) is 7.39. The van der Waals surface area contributed by atoms with Crippen molar-refractivity contribution in [2.24, 2.45) is 0 Å². The van der Waals surface area contributed by atoms with Gasteiger partial charge in [-0.05, 0) is 35.0 Å². The molecule has 140 valence electrons. The van der Waals surface area contributed by atoms with E-state index < -0.39 is 35.0 Å². The summed E-state index contributed by atoms with van der Waals surface area (Å²) < 4.78 is 79.1. The van der Waals surface area contributed by atoms with Crippen LogP contribution in [0.1, 0.15) is 33.7 Å². The van der Waals surface area contributed by atoms with E-state index in [-0.39, 0.29) is 19.2 Å². The lowest BCUT2D eigenvalue weighted by molar-refractivity contribution is -0.143. The normalized spacial score (nSPS) is 15.5. The lowest BCUT2D eigenvalue weighted by atomic mass is 10.0. The van der Waals surface area contributed by atoms with Crippen LogP contribution < -0.4 is 0 Å². The van der Waals surface area contributed by atoms with E-state index in [1.807, 2.05) is 0 Å². The zero-order chi connectivity index (χ0) is 19.1. The first-order chi connectivity index (χ1) is 12.1. The van der Waals surface area contributed by atoms with Gasteiger partial charge in [0.25, 0.3) is 5.91 Å². The van der Waals surface area contributed by atoms with Gasteiger partial charge < -0.3 is 4.90 Å². The molecule has 1 aliphatic heterocycles. The maximum absolute atomic E-state index is 12.9. The molecule has 1 aromatic carbocycles. The number of tetrazole rings is 1. The molecule has 0 fully saturated rings. The van der Waals surface area contributed by atoms with Crippen molar-refractivity contribution in [1.29, 1.82) is 0 Å². The fraction of sp³-hybridized carbons (Fsp3) is 0.429. The minimum absolute atomic E-state index is 0.0141. The Hall–Kier alpha value is -2.66. The number of halogens is 6. The maximum atomic E-state index is 12.9. The second kappa shape index (κ2) is 6.25. The molecule has 0 atom stereocenters. The van der Waals surface area contributed by atoms with Crippen molar-refractivity contribution in [2.75, 3.05) is 6.54 Å². The van der Waals surface area contributed by atoms with Crippen molar-refractivity contribution in [3.05, 3.63) is 40.7 Å².